The highest BCUT2D eigenvalue weighted by atomic mass is 79.9. The van der Waals surface area contributed by atoms with Crippen molar-refractivity contribution in [2.45, 2.75) is 13.8 Å². The van der Waals surface area contributed by atoms with E-state index in [-0.39, 0.29) is 5.91 Å². The number of aryl methyl sites for hydroxylation is 1. The van der Waals surface area contributed by atoms with E-state index in [9.17, 15) is 4.79 Å². The first kappa shape index (κ1) is 13.7. The van der Waals surface area contributed by atoms with Gasteiger partial charge in [0.25, 0.3) is 5.91 Å². The first-order valence-corrected chi connectivity index (χ1v) is 7.06. The van der Waals surface area contributed by atoms with Gasteiger partial charge in [-0.05, 0) is 40.9 Å². The van der Waals surface area contributed by atoms with Crippen LogP contribution in [0.3, 0.4) is 0 Å². The molecule has 0 radical (unpaired) electrons. The molecule has 1 amide bonds. The lowest BCUT2D eigenvalue weighted by Crippen LogP contribution is -2.29. The van der Waals surface area contributed by atoms with Gasteiger partial charge in [0, 0.05) is 16.3 Å². The number of rotatable bonds is 4. The SMILES string of the molecule is Cc1ccc(Br)c(C(=O)NCC(C)CBr)c1. The van der Waals surface area contributed by atoms with Crippen molar-refractivity contribution in [3.05, 3.63) is 33.8 Å². The van der Waals surface area contributed by atoms with Crippen LogP contribution in [0.2, 0.25) is 0 Å². The number of nitrogens with one attached hydrogen (secondary N) is 1. The molecule has 1 rings (SSSR count). The lowest BCUT2D eigenvalue weighted by atomic mass is 10.1. The van der Waals surface area contributed by atoms with E-state index in [0.29, 0.717) is 18.0 Å². The summed E-state index contributed by atoms with van der Waals surface area (Å²) in [5.41, 5.74) is 1.78. The molecule has 0 bridgehead atoms. The second-order valence-corrected chi connectivity index (χ2v) is 5.45. The first-order valence-electron chi connectivity index (χ1n) is 5.15. The number of hydrogen-bond donors (Lipinski definition) is 1. The summed E-state index contributed by atoms with van der Waals surface area (Å²) in [7, 11) is 0. The number of carbonyl (C=O) groups is 1. The van der Waals surface area contributed by atoms with Crippen LogP contribution >= 0.6 is 31.9 Å². The Kier molecular flexibility index (Phi) is 5.49. The van der Waals surface area contributed by atoms with E-state index in [0.717, 1.165) is 15.4 Å². The summed E-state index contributed by atoms with van der Waals surface area (Å²) in [5.74, 6) is 0.413. The molecule has 0 saturated heterocycles. The number of hydrogen-bond acceptors (Lipinski definition) is 1. The molecule has 4 heteroatoms. The summed E-state index contributed by atoms with van der Waals surface area (Å²) in [4.78, 5) is 11.9. The number of halogens is 2. The van der Waals surface area contributed by atoms with Crippen LogP contribution in [-0.4, -0.2) is 17.8 Å². The monoisotopic (exact) mass is 347 g/mol. The van der Waals surface area contributed by atoms with Gasteiger partial charge in [-0.2, -0.15) is 0 Å². The predicted octanol–water partition coefficient (Wildman–Crippen LogP) is 3.52. The van der Waals surface area contributed by atoms with Crippen LogP contribution in [0, 0.1) is 12.8 Å². The second kappa shape index (κ2) is 6.40. The van der Waals surface area contributed by atoms with Gasteiger partial charge in [0.2, 0.25) is 0 Å². The Morgan fingerprint density at radius 3 is 2.81 bits per heavy atom. The van der Waals surface area contributed by atoms with Crippen molar-refractivity contribution >= 4 is 37.8 Å². The number of benzene rings is 1. The van der Waals surface area contributed by atoms with Crippen molar-refractivity contribution in [2.24, 2.45) is 5.92 Å². The Morgan fingerprint density at radius 1 is 1.50 bits per heavy atom. The minimum atomic E-state index is -0.0247. The minimum Gasteiger partial charge on any atom is -0.352 e. The topological polar surface area (TPSA) is 29.1 Å². The standard InChI is InChI=1S/C12H15Br2NO/c1-8-3-4-11(14)10(5-8)12(16)15-7-9(2)6-13/h3-5,9H,6-7H2,1-2H3,(H,15,16). The molecule has 1 atom stereocenters. The van der Waals surface area contributed by atoms with Gasteiger partial charge < -0.3 is 5.32 Å². The Morgan fingerprint density at radius 2 is 2.19 bits per heavy atom. The van der Waals surface area contributed by atoms with Crippen molar-refractivity contribution in [1.29, 1.82) is 0 Å². The van der Waals surface area contributed by atoms with Crippen molar-refractivity contribution < 1.29 is 4.79 Å². The van der Waals surface area contributed by atoms with E-state index in [2.05, 4.69) is 44.1 Å². The summed E-state index contributed by atoms with van der Waals surface area (Å²) in [5, 5.41) is 3.81. The molecule has 1 aromatic rings. The van der Waals surface area contributed by atoms with Crippen LogP contribution in [0.5, 0.6) is 0 Å². The predicted molar refractivity (Wildman–Crippen MR) is 74.2 cm³/mol. The van der Waals surface area contributed by atoms with Crippen LogP contribution in [-0.2, 0) is 0 Å². The molecular weight excluding hydrogens is 334 g/mol. The van der Waals surface area contributed by atoms with Crippen molar-refractivity contribution in [3.63, 3.8) is 0 Å². The molecule has 0 aliphatic carbocycles. The lowest BCUT2D eigenvalue weighted by molar-refractivity contribution is 0.0948. The third-order valence-corrected chi connectivity index (χ3v) is 4.04. The zero-order valence-electron chi connectivity index (χ0n) is 9.39. The molecule has 0 heterocycles. The molecule has 1 aromatic carbocycles. The maximum Gasteiger partial charge on any atom is 0.252 e. The third-order valence-electron chi connectivity index (χ3n) is 2.24. The van der Waals surface area contributed by atoms with Gasteiger partial charge in [0.15, 0.2) is 0 Å². The average Bonchev–Trinajstić information content (AvgIpc) is 2.28. The molecule has 88 valence electrons. The summed E-state index contributed by atoms with van der Waals surface area (Å²) in [6.07, 6.45) is 0. The molecule has 0 aliphatic heterocycles. The molecule has 0 saturated carbocycles. The molecule has 1 N–H and O–H groups in total. The molecule has 0 fully saturated rings. The molecule has 2 nitrogen and oxygen atoms in total. The van der Waals surface area contributed by atoms with Gasteiger partial charge in [-0.3, -0.25) is 4.79 Å². The van der Waals surface area contributed by atoms with Crippen molar-refractivity contribution in [3.8, 4) is 0 Å². The smallest absolute Gasteiger partial charge is 0.252 e. The van der Waals surface area contributed by atoms with Gasteiger partial charge in [0.05, 0.1) is 5.56 Å². The van der Waals surface area contributed by atoms with Crippen molar-refractivity contribution in [2.75, 3.05) is 11.9 Å². The van der Waals surface area contributed by atoms with Crippen LogP contribution in [0.4, 0.5) is 0 Å². The van der Waals surface area contributed by atoms with Gasteiger partial charge in [0.1, 0.15) is 0 Å². The number of amides is 1. The van der Waals surface area contributed by atoms with Crippen LogP contribution in [0.15, 0.2) is 22.7 Å². The summed E-state index contributed by atoms with van der Waals surface area (Å²) < 4.78 is 0.835. The Labute approximate surface area is 113 Å². The molecule has 0 aliphatic rings. The van der Waals surface area contributed by atoms with Crippen LogP contribution < -0.4 is 5.32 Å². The van der Waals surface area contributed by atoms with E-state index < -0.39 is 0 Å². The minimum absolute atomic E-state index is 0.0247. The summed E-state index contributed by atoms with van der Waals surface area (Å²) in [6.45, 7) is 4.75. The molecule has 1 unspecified atom stereocenters. The quantitative estimate of drug-likeness (QED) is 0.829. The van der Waals surface area contributed by atoms with E-state index in [1.165, 1.54) is 0 Å². The molecule has 0 spiro atoms. The fraction of sp³-hybridized carbons (Fsp3) is 0.417. The molecular formula is C12H15Br2NO. The zero-order chi connectivity index (χ0) is 12.1. The van der Waals surface area contributed by atoms with Crippen LogP contribution in [0.25, 0.3) is 0 Å². The maximum atomic E-state index is 11.9. The van der Waals surface area contributed by atoms with E-state index >= 15 is 0 Å². The fourth-order valence-electron chi connectivity index (χ4n) is 1.23. The van der Waals surface area contributed by atoms with E-state index in [1.807, 2.05) is 25.1 Å². The highest BCUT2D eigenvalue weighted by molar-refractivity contribution is 9.10. The largest absolute Gasteiger partial charge is 0.352 e. The number of carbonyl (C=O) groups excluding carboxylic acids is 1. The zero-order valence-corrected chi connectivity index (χ0v) is 12.6. The normalized spacial score (nSPS) is 12.2. The van der Waals surface area contributed by atoms with Gasteiger partial charge in [-0.15, -0.1) is 0 Å². The van der Waals surface area contributed by atoms with Gasteiger partial charge in [-0.1, -0.05) is 34.5 Å². The maximum absolute atomic E-state index is 11.9. The summed E-state index contributed by atoms with van der Waals surface area (Å²) in [6, 6.07) is 5.76. The van der Waals surface area contributed by atoms with E-state index in [4.69, 9.17) is 0 Å². The number of alkyl halides is 1. The Balaban J connectivity index is 2.69. The van der Waals surface area contributed by atoms with Gasteiger partial charge in [-0.25, -0.2) is 0 Å². The van der Waals surface area contributed by atoms with Crippen LogP contribution in [0.1, 0.15) is 22.8 Å². The van der Waals surface area contributed by atoms with Crippen molar-refractivity contribution in [1.82, 2.24) is 5.32 Å². The lowest BCUT2D eigenvalue weighted by Gasteiger charge is -2.10. The molecule has 0 aromatic heterocycles. The first-order chi connectivity index (χ1) is 7.54. The highest BCUT2D eigenvalue weighted by Crippen LogP contribution is 2.18. The molecule has 16 heavy (non-hydrogen) atoms. The fourth-order valence-corrected chi connectivity index (χ4v) is 1.89. The highest BCUT2D eigenvalue weighted by Gasteiger charge is 2.10. The third kappa shape index (κ3) is 3.91. The van der Waals surface area contributed by atoms with E-state index in [1.54, 1.807) is 0 Å². The second-order valence-electron chi connectivity index (χ2n) is 3.95. The summed E-state index contributed by atoms with van der Waals surface area (Å²) >= 11 is 6.77. The van der Waals surface area contributed by atoms with Gasteiger partial charge >= 0.3 is 0 Å². The Hall–Kier alpha value is -0.350. The Bertz CT molecular complexity index is 379. The average molecular weight is 349 g/mol.